The van der Waals surface area contributed by atoms with E-state index in [1.807, 2.05) is 12.1 Å². The van der Waals surface area contributed by atoms with Gasteiger partial charge in [-0.3, -0.25) is 14.8 Å². The molecule has 0 amide bonds. The molecule has 0 unspecified atom stereocenters. The molecule has 0 aliphatic rings. The standard InChI is InChI=1S/C13H11FN2O/c14-12-9-16-7-5-11(12)13(17)4-3-10-2-1-6-15-8-10/h1-2,5-9H,3-4H2. The van der Waals surface area contributed by atoms with Gasteiger partial charge in [-0.25, -0.2) is 4.39 Å². The molecule has 0 aliphatic carbocycles. The second-order valence-electron chi connectivity index (χ2n) is 3.64. The minimum atomic E-state index is -0.566. The van der Waals surface area contributed by atoms with Crippen molar-refractivity contribution in [1.82, 2.24) is 9.97 Å². The van der Waals surface area contributed by atoms with Crippen LogP contribution in [0, 0.1) is 5.82 Å². The highest BCUT2D eigenvalue weighted by molar-refractivity contribution is 5.96. The van der Waals surface area contributed by atoms with Crippen molar-refractivity contribution >= 4 is 5.78 Å². The Labute approximate surface area is 98.3 Å². The lowest BCUT2D eigenvalue weighted by Crippen LogP contribution is -2.04. The number of carbonyl (C=O) groups excluding carboxylic acids is 1. The van der Waals surface area contributed by atoms with E-state index in [1.165, 1.54) is 12.3 Å². The van der Waals surface area contributed by atoms with Gasteiger partial charge in [-0.2, -0.15) is 0 Å². The van der Waals surface area contributed by atoms with Crippen LogP contribution in [0.15, 0.2) is 43.0 Å². The maximum atomic E-state index is 13.3. The first-order valence-corrected chi connectivity index (χ1v) is 5.29. The molecule has 0 fully saturated rings. The van der Waals surface area contributed by atoms with Gasteiger partial charge in [-0.15, -0.1) is 0 Å². The van der Waals surface area contributed by atoms with Gasteiger partial charge in [0.05, 0.1) is 11.8 Å². The van der Waals surface area contributed by atoms with Crippen molar-refractivity contribution in [3.8, 4) is 0 Å². The summed E-state index contributed by atoms with van der Waals surface area (Å²) in [5.41, 5.74) is 1.07. The molecule has 4 heteroatoms. The summed E-state index contributed by atoms with van der Waals surface area (Å²) in [5, 5.41) is 0. The third-order valence-corrected chi connectivity index (χ3v) is 2.44. The van der Waals surface area contributed by atoms with Crippen molar-refractivity contribution in [3.05, 3.63) is 59.9 Å². The van der Waals surface area contributed by atoms with Gasteiger partial charge < -0.3 is 0 Å². The molecule has 2 heterocycles. The van der Waals surface area contributed by atoms with Crippen molar-refractivity contribution < 1.29 is 9.18 Å². The summed E-state index contributed by atoms with van der Waals surface area (Å²) < 4.78 is 13.3. The van der Waals surface area contributed by atoms with E-state index in [2.05, 4.69) is 9.97 Å². The fourth-order valence-corrected chi connectivity index (χ4v) is 1.54. The van der Waals surface area contributed by atoms with Crippen LogP contribution in [0.4, 0.5) is 4.39 Å². The van der Waals surface area contributed by atoms with Crippen LogP contribution in [0.1, 0.15) is 22.3 Å². The van der Waals surface area contributed by atoms with Crippen molar-refractivity contribution in [3.63, 3.8) is 0 Å². The van der Waals surface area contributed by atoms with Crippen LogP contribution in [0.3, 0.4) is 0 Å². The Bertz CT molecular complexity index is 514. The molecule has 0 radical (unpaired) electrons. The second kappa shape index (κ2) is 5.30. The number of halogens is 1. The van der Waals surface area contributed by atoms with Gasteiger partial charge in [0.15, 0.2) is 11.6 Å². The zero-order valence-electron chi connectivity index (χ0n) is 9.14. The molecule has 2 aromatic rings. The van der Waals surface area contributed by atoms with Gasteiger partial charge in [-0.05, 0) is 24.1 Å². The third kappa shape index (κ3) is 2.93. The zero-order chi connectivity index (χ0) is 12.1. The van der Waals surface area contributed by atoms with Crippen molar-refractivity contribution in [2.24, 2.45) is 0 Å². The van der Waals surface area contributed by atoms with Gasteiger partial charge in [0.2, 0.25) is 0 Å². The van der Waals surface area contributed by atoms with Crippen LogP contribution in [0.2, 0.25) is 0 Å². The topological polar surface area (TPSA) is 42.9 Å². The van der Waals surface area contributed by atoms with Crippen LogP contribution in [0.25, 0.3) is 0 Å². The summed E-state index contributed by atoms with van der Waals surface area (Å²) in [6.07, 6.45) is 6.68. The van der Waals surface area contributed by atoms with E-state index < -0.39 is 5.82 Å². The highest BCUT2D eigenvalue weighted by Crippen LogP contribution is 2.10. The Hall–Kier alpha value is -2.10. The van der Waals surface area contributed by atoms with E-state index in [4.69, 9.17) is 0 Å². The Kier molecular flexibility index (Phi) is 3.55. The molecule has 86 valence electrons. The minimum absolute atomic E-state index is 0.101. The van der Waals surface area contributed by atoms with E-state index in [9.17, 15) is 9.18 Å². The molecule has 0 atom stereocenters. The highest BCUT2D eigenvalue weighted by atomic mass is 19.1. The maximum Gasteiger partial charge on any atom is 0.166 e. The van der Waals surface area contributed by atoms with Crippen LogP contribution in [0.5, 0.6) is 0 Å². The fraction of sp³-hybridized carbons (Fsp3) is 0.154. The molecule has 0 spiro atoms. The number of ketones is 1. The first kappa shape index (κ1) is 11.4. The van der Waals surface area contributed by atoms with E-state index >= 15 is 0 Å². The molecule has 0 saturated heterocycles. The number of rotatable bonds is 4. The summed E-state index contributed by atoms with van der Waals surface area (Å²) >= 11 is 0. The summed E-state index contributed by atoms with van der Waals surface area (Å²) in [6, 6.07) is 5.11. The van der Waals surface area contributed by atoms with Crippen molar-refractivity contribution in [1.29, 1.82) is 0 Å². The SMILES string of the molecule is O=C(CCc1cccnc1)c1ccncc1F. The zero-order valence-corrected chi connectivity index (χ0v) is 9.14. The van der Waals surface area contributed by atoms with E-state index in [0.29, 0.717) is 6.42 Å². The van der Waals surface area contributed by atoms with Crippen LogP contribution in [-0.4, -0.2) is 15.8 Å². The van der Waals surface area contributed by atoms with Crippen LogP contribution >= 0.6 is 0 Å². The number of hydrogen-bond acceptors (Lipinski definition) is 3. The van der Waals surface area contributed by atoms with Crippen LogP contribution in [-0.2, 0) is 6.42 Å². The molecular weight excluding hydrogens is 219 g/mol. The molecule has 17 heavy (non-hydrogen) atoms. The predicted octanol–water partition coefficient (Wildman–Crippen LogP) is 2.43. The number of Topliss-reactive ketones (excluding diaryl/α,β-unsaturated/α-hetero) is 1. The molecule has 3 nitrogen and oxygen atoms in total. The molecule has 2 aromatic heterocycles. The number of carbonyl (C=O) groups is 1. The first-order valence-electron chi connectivity index (χ1n) is 5.29. The third-order valence-electron chi connectivity index (χ3n) is 2.44. The molecular formula is C13H11FN2O. The van der Waals surface area contributed by atoms with Gasteiger partial charge in [0.1, 0.15) is 0 Å². The molecule has 0 bridgehead atoms. The average Bonchev–Trinajstić information content (AvgIpc) is 2.38. The largest absolute Gasteiger partial charge is 0.294 e. The van der Waals surface area contributed by atoms with Gasteiger partial charge >= 0.3 is 0 Å². The second-order valence-corrected chi connectivity index (χ2v) is 3.64. The van der Waals surface area contributed by atoms with E-state index in [0.717, 1.165) is 11.8 Å². The summed E-state index contributed by atoms with van der Waals surface area (Å²) in [7, 11) is 0. The molecule has 0 aromatic carbocycles. The number of aromatic nitrogens is 2. The lowest BCUT2D eigenvalue weighted by atomic mass is 10.0. The molecule has 2 rings (SSSR count). The fourth-order valence-electron chi connectivity index (χ4n) is 1.54. The minimum Gasteiger partial charge on any atom is -0.294 e. The summed E-state index contributed by atoms with van der Waals surface area (Å²) in [5.74, 6) is -0.780. The van der Waals surface area contributed by atoms with Crippen LogP contribution < -0.4 is 0 Å². The molecule has 0 aliphatic heterocycles. The Morgan fingerprint density at radius 3 is 2.71 bits per heavy atom. The van der Waals surface area contributed by atoms with E-state index in [-0.39, 0.29) is 17.8 Å². The van der Waals surface area contributed by atoms with Crippen molar-refractivity contribution in [2.45, 2.75) is 12.8 Å². The lowest BCUT2D eigenvalue weighted by Gasteiger charge is -2.02. The number of hydrogen-bond donors (Lipinski definition) is 0. The van der Waals surface area contributed by atoms with Gasteiger partial charge in [0, 0.05) is 25.0 Å². The number of nitrogens with zero attached hydrogens (tertiary/aromatic N) is 2. The van der Waals surface area contributed by atoms with E-state index in [1.54, 1.807) is 12.4 Å². The van der Waals surface area contributed by atoms with Crippen molar-refractivity contribution in [2.75, 3.05) is 0 Å². The first-order chi connectivity index (χ1) is 8.27. The average molecular weight is 230 g/mol. The number of pyridine rings is 2. The maximum absolute atomic E-state index is 13.3. The lowest BCUT2D eigenvalue weighted by molar-refractivity contribution is 0.0978. The Balaban J connectivity index is 2.01. The number of aryl methyl sites for hydroxylation is 1. The molecule has 0 N–H and O–H groups in total. The Morgan fingerprint density at radius 1 is 1.18 bits per heavy atom. The van der Waals surface area contributed by atoms with Gasteiger partial charge in [-0.1, -0.05) is 6.07 Å². The smallest absolute Gasteiger partial charge is 0.166 e. The molecule has 0 saturated carbocycles. The highest BCUT2D eigenvalue weighted by Gasteiger charge is 2.11. The summed E-state index contributed by atoms with van der Waals surface area (Å²) in [4.78, 5) is 19.3. The normalized spacial score (nSPS) is 10.2. The summed E-state index contributed by atoms with van der Waals surface area (Å²) in [6.45, 7) is 0. The van der Waals surface area contributed by atoms with Gasteiger partial charge in [0.25, 0.3) is 0 Å². The predicted molar refractivity (Wildman–Crippen MR) is 61.1 cm³/mol. The monoisotopic (exact) mass is 230 g/mol. The quantitative estimate of drug-likeness (QED) is 0.757. The Morgan fingerprint density at radius 2 is 2.00 bits per heavy atom.